The Morgan fingerprint density at radius 1 is 1.26 bits per heavy atom. The predicted molar refractivity (Wildman–Crippen MR) is 135 cm³/mol. The van der Waals surface area contributed by atoms with Crippen LogP contribution in [0.4, 0.5) is 16.8 Å². The van der Waals surface area contributed by atoms with E-state index in [2.05, 4.69) is 25.6 Å². The van der Waals surface area contributed by atoms with Crippen LogP contribution in [0.2, 0.25) is 0 Å². The summed E-state index contributed by atoms with van der Waals surface area (Å²) in [6.45, 7) is 5.04. The van der Waals surface area contributed by atoms with Gasteiger partial charge in [-0.25, -0.2) is 9.97 Å². The number of carbonyl (C=O) groups is 2. The van der Waals surface area contributed by atoms with Crippen LogP contribution in [0.15, 0.2) is 24.5 Å². The van der Waals surface area contributed by atoms with Crippen molar-refractivity contribution in [3.8, 4) is 0 Å². The summed E-state index contributed by atoms with van der Waals surface area (Å²) in [4.78, 5) is 38.5. The van der Waals surface area contributed by atoms with Crippen molar-refractivity contribution in [3.05, 3.63) is 35.7 Å². The molecule has 1 saturated heterocycles. The standard InChI is InChI=1S/C24H28N8O2S/c1-3-19(34)32-9-14-6-16(7-15(14)10-32)30-23-20(22(26)27-11-28-23)21(25)13-4-5-17-18(8-13)35-24(31-17)29-12(2)33/h4-5,8,11,14-16,25H,3,6-7,9-10H2,1-2H3,(H,29,31,33)(H3,26,27,28,30)/p+1. The molecule has 10 nitrogen and oxygen atoms in total. The molecule has 3 aromatic rings. The number of quaternary nitrogens is 1. The second-order valence-electron chi connectivity index (χ2n) is 9.35. The third-order valence-corrected chi connectivity index (χ3v) is 7.89. The molecule has 35 heavy (non-hydrogen) atoms. The summed E-state index contributed by atoms with van der Waals surface area (Å²) in [6.07, 6.45) is 4.02. The van der Waals surface area contributed by atoms with Gasteiger partial charge in [0.15, 0.2) is 5.13 Å². The fourth-order valence-corrected chi connectivity index (χ4v) is 6.31. The molecule has 2 aliphatic rings. The third kappa shape index (κ3) is 4.61. The van der Waals surface area contributed by atoms with Crippen molar-refractivity contribution >= 4 is 55.8 Å². The first-order chi connectivity index (χ1) is 16.8. The van der Waals surface area contributed by atoms with Crippen LogP contribution in [0, 0.1) is 17.2 Å². The minimum atomic E-state index is -0.174. The van der Waals surface area contributed by atoms with E-state index in [-0.39, 0.29) is 23.3 Å². The number of hydrogen-bond donors (Lipinski definition) is 4. The minimum Gasteiger partial charge on any atom is -0.383 e. The van der Waals surface area contributed by atoms with E-state index in [9.17, 15) is 9.59 Å². The average molecular weight is 494 g/mol. The summed E-state index contributed by atoms with van der Waals surface area (Å²) in [5.41, 5.74) is 8.47. The molecule has 1 aromatic carbocycles. The largest absolute Gasteiger partial charge is 0.383 e. The van der Waals surface area contributed by atoms with Crippen LogP contribution in [0.3, 0.4) is 0 Å². The number of carbonyl (C=O) groups excluding carboxylic acids is 2. The van der Waals surface area contributed by atoms with Crippen molar-refractivity contribution in [2.24, 2.45) is 11.8 Å². The quantitative estimate of drug-likeness (QED) is 0.384. The van der Waals surface area contributed by atoms with E-state index in [4.69, 9.17) is 11.1 Å². The molecule has 5 rings (SSSR count). The van der Waals surface area contributed by atoms with Crippen molar-refractivity contribution < 1.29 is 14.9 Å². The van der Waals surface area contributed by atoms with Gasteiger partial charge in [0.2, 0.25) is 17.6 Å². The van der Waals surface area contributed by atoms with Crippen LogP contribution in [-0.4, -0.2) is 56.5 Å². The summed E-state index contributed by atoms with van der Waals surface area (Å²) >= 11 is 1.36. The van der Waals surface area contributed by atoms with Crippen LogP contribution in [0.5, 0.6) is 0 Å². The number of nitrogen functional groups attached to an aromatic ring is 1. The highest BCUT2D eigenvalue weighted by atomic mass is 32.1. The van der Waals surface area contributed by atoms with Crippen LogP contribution in [0.25, 0.3) is 10.2 Å². The van der Waals surface area contributed by atoms with Crippen molar-refractivity contribution in [3.63, 3.8) is 0 Å². The number of aromatic nitrogens is 3. The maximum atomic E-state index is 12.1. The minimum absolute atomic E-state index is 0.174. The van der Waals surface area contributed by atoms with Gasteiger partial charge in [0.05, 0.1) is 22.0 Å². The van der Waals surface area contributed by atoms with Gasteiger partial charge in [-0.2, -0.15) is 4.98 Å². The number of rotatable bonds is 6. The van der Waals surface area contributed by atoms with Crippen molar-refractivity contribution in [1.82, 2.24) is 19.9 Å². The van der Waals surface area contributed by atoms with Crippen LogP contribution >= 0.6 is 11.3 Å². The molecular formula is C24H29N8O2S+. The van der Waals surface area contributed by atoms with Gasteiger partial charge < -0.3 is 16.0 Å². The lowest BCUT2D eigenvalue weighted by Gasteiger charge is -2.18. The predicted octanol–water partition coefficient (Wildman–Crippen LogP) is 1.88. The molecule has 2 unspecified atom stereocenters. The van der Waals surface area contributed by atoms with E-state index in [0.717, 1.165) is 36.1 Å². The van der Waals surface area contributed by atoms with Crippen molar-refractivity contribution in [1.29, 1.82) is 5.41 Å². The Morgan fingerprint density at radius 2 is 2.00 bits per heavy atom. The molecule has 2 fully saturated rings. The van der Waals surface area contributed by atoms with E-state index >= 15 is 0 Å². The van der Waals surface area contributed by atoms with Crippen molar-refractivity contribution in [2.45, 2.75) is 39.2 Å². The van der Waals surface area contributed by atoms with E-state index < -0.39 is 0 Å². The molecule has 1 saturated carbocycles. The maximum absolute atomic E-state index is 12.1. The Kier molecular flexibility index (Phi) is 6.20. The molecule has 182 valence electrons. The summed E-state index contributed by atoms with van der Waals surface area (Å²) < 4.78 is 0.867. The normalized spacial score (nSPS) is 21.3. The fourth-order valence-electron chi connectivity index (χ4n) is 5.36. The Balaban J connectivity index is 1.35. The zero-order chi connectivity index (χ0) is 24.7. The number of hydrogen-bond acceptors (Lipinski definition) is 8. The number of nitrogens with one attached hydrogen (secondary N) is 2. The molecule has 0 spiro atoms. The summed E-state index contributed by atoms with van der Waals surface area (Å²) in [6, 6.07) is 5.88. The van der Waals surface area contributed by atoms with Gasteiger partial charge in [-0.15, -0.1) is 0 Å². The zero-order valence-corrected chi connectivity index (χ0v) is 20.6. The molecule has 11 heteroatoms. The first-order valence-corrected chi connectivity index (χ1v) is 12.6. The molecule has 0 bridgehead atoms. The highest BCUT2D eigenvalue weighted by Gasteiger charge is 2.44. The number of nitrogens with zero attached hydrogens (tertiary/aromatic N) is 4. The molecule has 3 heterocycles. The monoisotopic (exact) mass is 493 g/mol. The molecule has 6 N–H and O–H groups in total. The van der Waals surface area contributed by atoms with Gasteiger partial charge in [-0.3, -0.25) is 20.3 Å². The smallest absolute Gasteiger partial charge is 0.239 e. The van der Waals surface area contributed by atoms with Gasteiger partial charge in [0, 0.05) is 44.8 Å². The lowest BCUT2D eigenvalue weighted by molar-refractivity contribution is -0.613. The fraction of sp³-hybridized carbons (Fsp3) is 0.417. The number of amides is 2. The number of benzene rings is 1. The van der Waals surface area contributed by atoms with Crippen LogP contribution in [-0.2, 0) is 9.59 Å². The first-order valence-electron chi connectivity index (χ1n) is 11.8. The number of likely N-dealkylation sites (tertiary alicyclic amines) is 1. The van der Waals surface area contributed by atoms with Gasteiger partial charge >= 0.3 is 0 Å². The molecular weight excluding hydrogens is 464 g/mol. The Labute approximate surface area is 206 Å². The Bertz CT molecular complexity index is 1310. The number of fused-ring (bicyclic) bond motifs is 2. The number of thiazole rings is 1. The summed E-state index contributed by atoms with van der Waals surface area (Å²) in [5, 5.41) is 14.3. The molecule has 2 amide bonds. The maximum Gasteiger partial charge on any atom is 0.239 e. The average Bonchev–Trinajstić information content (AvgIpc) is 3.50. The van der Waals surface area contributed by atoms with Gasteiger partial charge in [-0.05, 0) is 24.0 Å². The topological polar surface area (TPSA) is 155 Å². The van der Waals surface area contributed by atoms with Crippen molar-refractivity contribution in [2.75, 3.05) is 24.1 Å². The number of nitrogens with two attached hydrogens (primary N) is 2. The highest BCUT2D eigenvalue weighted by Crippen LogP contribution is 2.37. The molecule has 1 aliphatic heterocycles. The van der Waals surface area contributed by atoms with Crippen LogP contribution < -0.4 is 16.4 Å². The molecule has 0 radical (unpaired) electrons. The Morgan fingerprint density at radius 3 is 2.69 bits per heavy atom. The summed E-state index contributed by atoms with van der Waals surface area (Å²) in [5.74, 6) is 2.05. The highest BCUT2D eigenvalue weighted by molar-refractivity contribution is 7.22. The van der Waals surface area contributed by atoms with Gasteiger partial charge in [-0.1, -0.05) is 24.3 Å². The lowest BCUT2D eigenvalue weighted by Crippen LogP contribution is -2.85. The van der Waals surface area contributed by atoms with Gasteiger partial charge in [0.25, 0.3) is 0 Å². The molecule has 1 aliphatic carbocycles. The van der Waals surface area contributed by atoms with E-state index in [1.54, 1.807) is 0 Å². The molecule has 2 aromatic heterocycles. The Hall–Kier alpha value is -3.44. The van der Waals surface area contributed by atoms with E-state index in [0.29, 0.717) is 46.4 Å². The van der Waals surface area contributed by atoms with E-state index in [1.165, 1.54) is 24.6 Å². The summed E-state index contributed by atoms with van der Waals surface area (Å²) in [7, 11) is 0. The van der Waals surface area contributed by atoms with Gasteiger partial charge in [0.1, 0.15) is 17.7 Å². The third-order valence-electron chi connectivity index (χ3n) is 6.95. The van der Waals surface area contributed by atoms with E-state index in [1.807, 2.05) is 30.0 Å². The molecule has 2 atom stereocenters. The second kappa shape index (κ2) is 9.31. The second-order valence-corrected chi connectivity index (χ2v) is 10.4. The zero-order valence-electron chi connectivity index (χ0n) is 19.7. The lowest BCUT2D eigenvalue weighted by atomic mass is 10.0. The van der Waals surface area contributed by atoms with Crippen LogP contribution in [0.1, 0.15) is 44.2 Å². The SMILES string of the molecule is CCC(=O)N1CC2CC([NH2+]c3ncnc(N)c3C(=N)c3ccc4nc(NC(C)=O)sc4c3)CC2C1. The first kappa shape index (κ1) is 23.3. The number of anilines is 2.